The van der Waals surface area contributed by atoms with Crippen LogP contribution in [0.4, 0.5) is 0 Å². The van der Waals surface area contributed by atoms with Crippen molar-refractivity contribution >= 4 is 16.8 Å². The van der Waals surface area contributed by atoms with Gasteiger partial charge in [0.05, 0.1) is 0 Å². The molecule has 2 rings (SSSR count). The maximum atomic E-state index is 12.6. The van der Waals surface area contributed by atoms with Crippen molar-refractivity contribution in [2.24, 2.45) is 5.41 Å². The third-order valence-corrected chi connectivity index (χ3v) is 3.34. The molecule has 0 aliphatic carbocycles. The molecule has 1 aromatic carbocycles. The number of aryl methyl sites for hydroxylation is 1. The topological polar surface area (TPSA) is 39.4 Å². The highest BCUT2D eigenvalue weighted by Gasteiger charge is 2.34. The molecule has 1 atom stereocenters. The van der Waals surface area contributed by atoms with Gasteiger partial charge in [0, 0.05) is 12.0 Å². The van der Waals surface area contributed by atoms with E-state index in [1.54, 1.807) is 0 Å². The summed E-state index contributed by atoms with van der Waals surface area (Å²) < 4.78 is 11.4. The molecule has 0 radical (unpaired) electrons. The predicted octanol–water partition coefficient (Wildman–Crippen LogP) is 4.38. The molecular formula is C17H22O3. The van der Waals surface area contributed by atoms with Crippen molar-refractivity contribution in [3.63, 3.8) is 0 Å². The number of benzene rings is 1. The van der Waals surface area contributed by atoms with Crippen molar-refractivity contribution < 1.29 is 13.9 Å². The Kier molecular flexibility index (Phi) is 4.00. The molecular weight excluding hydrogens is 252 g/mol. The SMILES string of the molecule is CCOC(C(=O)c1cc2cccc(C)c2o1)C(C)(C)C. The van der Waals surface area contributed by atoms with Gasteiger partial charge in [0.1, 0.15) is 11.7 Å². The minimum atomic E-state index is -0.492. The van der Waals surface area contributed by atoms with Crippen LogP contribution >= 0.6 is 0 Å². The summed E-state index contributed by atoms with van der Waals surface area (Å²) in [4.78, 5) is 12.6. The zero-order valence-electron chi connectivity index (χ0n) is 12.8. The fraction of sp³-hybridized carbons (Fsp3) is 0.471. The van der Waals surface area contributed by atoms with Crippen LogP contribution in [-0.4, -0.2) is 18.5 Å². The van der Waals surface area contributed by atoms with Crippen LogP contribution in [0.15, 0.2) is 28.7 Å². The predicted molar refractivity (Wildman–Crippen MR) is 80.2 cm³/mol. The zero-order chi connectivity index (χ0) is 14.9. The molecule has 1 aromatic heterocycles. The molecule has 0 fully saturated rings. The van der Waals surface area contributed by atoms with Crippen LogP contribution in [0, 0.1) is 12.3 Å². The van der Waals surface area contributed by atoms with E-state index in [1.165, 1.54) is 0 Å². The highest BCUT2D eigenvalue weighted by atomic mass is 16.5. The smallest absolute Gasteiger partial charge is 0.227 e. The molecule has 0 amide bonds. The molecule has 0 aliphatic rings. The average molecular weight is 274 g/mol. The van der Waals surface area contributed by atoms with Gasteiger partial charge in [0.2, 0.25) is 5.78 Å². The lowest BCUT2D eigenvalue weighted by Gasteiger charge is -2.28. The fourth-order valence-corrected chi connectivity index (χ4v) is 2.35. The maximum Gasteiger partial charge on any atom is 0.227 e. The first kappa shape index (κ1) is 14.8. The third-order valence-electron chi connectivity index (χ3n) is 3.34. The molecule has 0 spiro atoms. The normalized spacial score (nSPS) is 13.7. The van der Waals surface area contributed by atoms with Gasteiger partial charge in [-0.25, -0.2) is 0 Å². The number of Topliss-reactive ketones (excluding diaryl/α,β-unsaturated/α-hetero) is 1. The van der Waals surface area contributed by atoms with E-state index < -0.39 is 6.10 Å². The van der Waals surface area contributed by atoms with Gasteiger partial charge in [-0.3, -0.25) is 4.79 Å². The maximum absolute atomic E-state index is 12.6. The molecule has 20 heavy (non-hydrogen) atoms. The summed E-state index contributed by atoms with van der Waals surface area (Å²) >= 11 is 0. The molecule has 3 nitrogen and oxygen atoms in total. The minimum Gasteiger partial charge on any atom is -0.453 e. The van der Waals surface area contributed by atoms with E-state index in [2.05, 4.69) is 0 Å². The van der Waals surface area contributed by atoms with Gasteiger partial charge in [-0.05, 0) is 30.9 Å². The molecule has 0 saturated carbocycles. The van der Waals surface area contributed by atoms with Crippen LogP contribution < -0.4 is 0 Å². The first-order valence-electron chi connectivity index (χ1n) is 6.99. The van der Waals surface area contributed by atoms with E-state index in [4.69, 9.17) is 9.15 Å². The number of fused-ring (bicyclic) bond motifs is 1. The molecule has 0 saturated heterocycles. The van der Waals surface area contributed by atoms with Crippen molar-refractivity contribution in [2.75, 3.05) is 6.61 Å². The van der Waals surface area contributed by atoms with Gasteiger partial charge in [0.15, 0.2) is 5.76 Å². The zero-order valence-corrected chi connectivity index (χ0v) is 12.8. The van der Waals surface area contributed by atoms with Crippen LogP contribution in [0.25, 0.3) is 11.0 Å². The number of ether oxygens (including phenoxy) is 1. The lowest BCUT2D eigenvalue weighted by atomic mass is 9.85. The Hall–Kier alpha value is -1.61. The number of para-hydroxylation sites is 1. The summed E-state index contributed by atoms with van der Waals surface area (Å²) in [7, 11) is 0. The van der Waals surface area contributed by atoms with Crippen LogP contribution in [-0.2, 0) is 4.74 Å². The standard InChI is InChI=1S/C17H22O3/c1-6-19-16(17(3,4)5)14(18)13-10-12-9-7-8-11(2)15(12)20-13/h7-10,16H,6H2,1-5H3. The summed E-state index contributed by atoms with van der Waals surface area (Å²) in [6, 6.07) is 7.70. The van der Waals surface area contributed by atoms with Gasteiger partial charge in [-0.2, -0.15) is 0 Å². The number of ketones is 1. The Labute approximate surface area is 119 Å². The van der Waals surface area contributed by atoms with Gasteiger partial charge in [-0.15, -0.1) is 0 Å². The van der Waals surface area contributed by atoms with Crippen molar-refractivity contribution in [2.45, 2.75) is 40.7 Å². The Morgan fingerprint density at radius 1 is 1.35 bits per heavy atom. The van der Waals surface area contributed by atoms with Gasteiger partial charge in [-0.1, -0.05) is 39.0 Å². The first-order valence-corrected chi connectivity index (χ1v) is 6.99. The minimum absolute atomic E-state index is 0.0880. The highest BCUT2D eigenvalue weighted by molar-refractivity contribution is 6.01. The van der Waals surface area contributed by atoms with Gasteiger partial charge in [0.25, 0.3) is 0 Å². The second kappa shape index (κ2) is 5.41. The molecule has 3 heteroatoms. The van der Waals surface area contributed by atoms with Crippen LogP contribution in [0.5, 0.6) is 0 Å². The fourth-order valence-electron chi connectivity index (χ4n) is 2.35. The summed E-state index contributed by atoms with van der Waals surface area (Å²) in [5, 5.41) is 0.956. The second-order valence-corrected chi connectivity index (χ2v) is 6.17. The Morgan fingerprint density at radius 3 is 2.60 bits per heavy atom. The monoisotopic (exact) mass is 274 g/mol. The highest BCUT2D eigenvalue weighted by Crippen LogP contribution is 2.29. The molecule has 0 aliphatic heterocycles. The molecule has 108 valence electrons. The molecule has 1 heterocycles. The van der Waals surface area contributed by atoms with E-state index in [0.29, 0.717) is 12.4 Å². The molecule has 2 aromatic rings. The Balaban J connectivity index is 2.41. The van der Waals surface area contributed by atoms with Crippen molar-refractivity contribution in [3.05, 3.63) is 35.6 Å². The van der Waals surface area contributed by atoms with E-state index in [1.807, 2.05) is 58.9 Å². The molecule has 0 bridgehead atoms. The molecule has 0 N–H and O–H groups in total. The van der Waals surface area contributed by atoms with Gasteiger partial charge >= 0.3 is 0 Å². The van der Waals surface area contributed by atoms with E-state index >= 15 is 0 Å². The molecule has 1 unspecified atom stereocenters. The van der Waals surface area contributed by atoms with Crippen LogP contribution in [0.2, 0.25) is 0 Å². The Morgan fingerprint density at radius 2 is 2.05 bits per heavy atom. The summed E-state index contributed by atoms with van der Waals surface area (Å²) in [6.07, 6.45) is -0.492. The van der Waals surface area contributed by atoms with Gasteiger partial charge < -0.3 is 9.15 Å². The summed E-state index contributed by atoms with van der Waals surface area (Å²) in [5.74, 6) is 0.289. The van der Waals surface area contributed by atoms with Crippen molar-refractivity contribution in [3.8, 4) is 0 Å². The number of carbonyl (C=O) groups is 1. The first-order chi connectivity index (χ1) is 9.34. The van der Waals surface area contributed by atoms with Crippen molar-refractivity contribution in [1.82, 2.24) is 0 Å². The van der Waals surface area contributed by atoms with E-state index in [9.17, 15) is 4.79 Å². The average Bonchev–Trinajstić information content (AvgIpc) is 2.79. The van der Waals surface area contributed by atoms with E-state index in [-0.39, 0.29) is 11.2 Å². The third kappa shape index (κ3) is 2.78. The van der Waals surface area contributed by atoms with Crippen molar-refractivity contribution in [1.29, 1.82) is 0 Å². The van der Waals surface area contributed by atoms with E-state index in [0.717, 1.165) is 16.5 Å². The summed E-state index contributed by atoms with van der Waals surface area (Å²) in [5.41, 5.74) is 1.55. The number of hydrogen-bond acceptors (Lipinski definition) is 3. The number of furan rings is 1. The second-order valence-electron chi connectivity index (χ2n) is 6.17. The lowest BCUT2D eigenvalue weighted by Crippen LogP contribution is -2.37. The number of hydrogen-bond donors (Lipinski definition) is 0. The Bertz CT molecular complexity index is 617. The quantitative estimate of drug-likeness (QED) is 0.777. The summed E-state index contributed by atoms with van der Waals surface area (Å²) in [6.45, 7) is 10.4. The van der Waals surface area contributed by atoms with Crippen LogP contribution in [0.3, 0.4) is 0 Å². The van der Waals surface area contributed by atoms with Crippen LogP contribution in [0.1, 0.15) is 43.8 Å². The largest absolute Gasteiger partial charge is 0.453 e. The number of carbonyl (C=O) groups excluding carboxylic acids is 1. The lowest BCUT2D eigenvalue weighted by molar-refractivity contribution is -0.00185. The number of rotatable bonds is 4.